The van der Waals surface area contributed by atoms with Crippen molar-refractivity contribution < 1.29 is 65.1 Å². The van der Waals surface area contributed by atoms with E-state index < -0.39 is 27.6 Å². The van der Waals surface area contributed by atoms with Crippen LogP contribution < -0.4 is 9.84 Å². The number of ether oxygens (including phenoxy) is 1. The van der Waals surface area contributed by atoms with Gasteiger partial charge >= 0.3 is 31.0 Å². The van der Waals surface area contributed by atoms with Crippen molar-refractivity contribution in [3.63, 3.8) is 0 Å². The molecule has 0 bridgehead atoms. The molecule has 0 fully saturated rings. The van der Waals surface area contributed by atoms with Crippen molar-refractivity contribution in [3.8, 4) is 28.3 Å². The summed E-state index contributed by atoms with van der Waals surface area (Å²) in [6, 6.07) is 53.3. The van der Waals surface area contributed by atoms with E-state index in [9.17, 15) is 27.9 Å². The largest absolute Gasteiger partial charge is 2.00 e. The molecular formula is C45H35F3N4O7SZn. The molecule has 0 atom stereocenters. The zero-order chi connectivity index (χ0) is 43.0. The molecular weight excluding hydrogens is 863 g/mol. The van der Waals surface area contributed by atoms with Gasteiger partial charge in [0.1, 0.15) is 5.75 Å². The van der Waals surface area contributed by atoms with Gasteiger partial charge in [0.15, 0.2) is 10.1 Å². The maximum Gasteiger partial charge on any atom is 2.00 e. The van der Waals surface area contributed by atoms with Gasteiger partial charge in [-0.05, 0) is 60.7 Å². The van der Waals surface area contributed by atoms with Crippen LogP contribution in [0.4, 0.5) is 13.2 Å². The Kier molecular flexibility index (Phi) is 17.6. The first kappa shape index (κ1) is 47.2. The fourth-order valence-corrected chi connectivity index (χ4v) is 5.48. The van der Waals surface area contributed by atoms with Gasteiger partial charge < -0.3 is 19.2 Å². The summed E-state index contributed by atoms with van der Waals surface area (Å²) in [5.41, 5.74) is 1.85. The standard InChI is InChI=1S/C30H26N4.C14H10O4.CHF3O3S.Zn/c1-3-11-24(12-4-1)29-18-9-16-27(32-29)22-34(21-26-15-7-8-20-31-26)23-28-17-10-19-30(33-28)25-13-5-2-6-14-25;15-13(16)11-8-4-5-9-12(11)18-14(17)10-6-2-1-3-7-10;2-1(3,4)8(5,6)7;/h1-20H,21-23H2;1-9H,(H,15,16);(H,5,6,7);/q;;;+2/p-2. The van der Waals surface area contributed by atoms with Crippen molar-refractivity contribution in [2.45, 2.75) is 25.1 Å². The second kappa shape index (κ2) is 22.8. The summed E-state index contributed by atoms with van der Waals surface area (Å²) in [5, 5.41) is 10.8. The molecule has 0 aliphatic carbocycles. The Morgan fingerprint density at radius 3 is 1.48 bits per heavy atom. The normalized spacial score (nSPS) is 10.8. The van der Waals surface area contributed by atoms with Gasteiger partial charge in [0.25, 0.3) is 0 Å². The van der Waals surface area contributed by atoms with Crippen molar-refractivity contribution in [1.29, 1.82) is 0 Å². The van der Waals surface area contributed by atoms with Gasteiger partial charge in [-0.15, -0.1) is 0 Å². The average molecular weight is 898 g/mol. The number of aromatic carboxylic acids is 1. The van der Waals surface area contributed by atoms with Crippen LogP contribution in [0, 0.1) is 0 Å². The average Bonchev–Trinajstić information content (AvgIpc) is 3.25. The molecule has 0 saturated carbocycles. The minimum Gasteiger partial charge on any atom is -0.741 e. The second-order valence-corrected chi connectivity index (χ2v) is 14.0. The predicted octanol–water partition coefficient (Wildman–Crippen LogP) is 7.73. The molecule has 61 heavy (non-hydrogen) atoms. The van der Waals surface area contributed by atoms with Crippen LogP contribution in [0.25, 0.3) is 22.5 Å². The third kappa shape index (κ3) is 15.0. The number of carbonyl (C=O) groups excluding carboxylic acids is 2. The zero-order valence-electron chi connectivity index (χ0n) is 32.3. The van der Waals surface area contributed by atoms with Gasteiger partial charge in [0, 0.05) is 42.5 Å². The summed E-state index contributed by atoms with van der Waals surface area (Å²) < 4.78 is 63.9. The van der Waals surface area contributed by atoms with Crippen LogP contribution in [-0.4, -0.2) is 50.3 Å². The Morgan fingerprint density at radius 2 is 1.02 bits per heavy atom. The molecule has 0 spiro atoms. The van der Waals surface area contributed by atoms with Crippen LogP contribution in [0.15, 0.2) is 176 Å². The molecule has 0 N–H and O–H groups in total. The van der Waals surface area contributed by atoms with E-state index in [0.29, 0.717) is 18.7 Å². The monoisotopic (exact) mass is 896 g/mol. The number of nitrogens with zero attached hydrogens (tertiary/aromatic N) is 4. The summed E-state index contributed by atoms with van der Waals surface area (Å²) in [4.78, 5) is 39.4. The van der Waals surface area contributed by atoms with Crippen molar-refractivity contribution in [2.75, 3.05) is 0 Å². The van der Waals surface area contributed by atoms with E-state index in [4.69, 9.17) is 27.7 Å². The Bertz CT molecular complexity index is 2490. The van der Waals surface area contributed by atoms with E-state index in [1.807, 2.05) is 54.7 Å². The first-order chi connectivity index (χ1) is 28.8. The number of aromatic nitrogens is 3. The minimum absolute atomic E-state index is 0. The van der Waals surface area contributed by atoms with Gasteiger partial charge in [0.2, 0.25) is 0 Å². The number of para-hydroxylation sites is 1. The molecule has 0 radical (unpaired) electrons. The molecule has 3 heterocycles. The van der Waals surface area contributed by atoms with E-state index >= 15 is 0 Å². The van der Waals surface area contributed by atoms with Crippen molar-refractivity contribution in [1.82, 2.24) is 19.9 Å². The maximum atomic E-state index is 11.8. The van der Waals surface area contributed by atoms with Crippen molar-refractivity contribution in [3.05, 3.63) is 204 Å². The number of esters is 1. The van der Waals surface area contributed by atoms with E-state index in [1.165, 1.54) is 18.2 Å². The summed E-state index contributed by atoms with van der Waals surface area (Å²) in [6.45, 7) is 2.12. The second-order valence-electron chi connectivity index (χ2n) is 12.7. The van der Waals surface area contributed by atoms with Crippen LogP contribution in [0.1, 0.15) is 37.8 Å². The molecule has 7 rings (SSSR count). The fourth-order valence-electron chi connectivity index (χ4n) is 5.48. The first-order valence-corrected chi connectivity index (χ1v) is 19.4. The Labute approximate surface area is 363 Å². The third-order valence-corrected chi connectivity index (χ3v) is 8.81. The number of carboxylic acid groups (broad SMARTS) is 1. The van der Waals surface area contributed by atoms with Gasteiger partial charge in [-0.25, -0.2) is 13.2 Å². The topological polar surface area (TPSA) is 166 Å². The van der Waals surface area contributed by atoms with Gasteiger partial charge in [0.05, 0.1) is 40.0 Å². The Hall–Kier alpha value is -6.45. The molecule has 0 aliphatic rings. The smallest absolute Gasteiger partial charge is 0.741 e. The predicted molar refractivity (Wildman–Crippen MR) is 214 cm³/mol. The van der Waals surface area contributed by atoms with Gasteiger partial charge in [-0.1, -0.05) is 109 Å². The van der Waals surface area contributed by atoms with Gasteiger partial charge in [-0.3, -0.25) is 19.9 Å². The SMILES string of the molecule is O=C(Oc1ccccc1C(=O)[O-])c1ccccc1.O=S(=O)([O-])C(F)(F)F.[Zn+2].c1ccc(-c2cccc(CN(Cc3ccccn3)Cc3cccc(-c4ccccc4)n3)n2)cc1. The number of pyridine rings is 3. The summed E-state index contributed by atoms with van der Waals surface area (Å²) >= 11 is 0. The molecule has 16 heteroatoms. The van der Waals surface area contributed by atoms with Crippen LogP contribution in [0.2, 0.25) is 0 Å². The minimum atomic E-state index is -6.09. The number of hydrogen-bond acceptors (Lipinski definition) is 11. The van der Waals surface area contributed by atoms with E-state index in [2.05, 4.69) is 76.6 Å². The third-order valence-electron chi connectivity index (χ3n) is 8.24. The molecule has 7 aromatic rings. The molecule has 11 nitrogen and oxygen atoms in total. The number of carbonyl (C=O) groups is 2. The summed E-state index contributed by atoms with van der Waals surface area (Å²) in [5.74, 6) is -2.01. The molecule has 0 saturated heterocycles. The quantitative estimate of drug-likeness (QED) is 0.0410. The fraction of sp³-hybridized carbons (Fsp3) is 0.0889. The van der Waals surface area contributed by atoms with Crippen molar-refractivity contribution >= 4 is 22.1 Å². The van der Waals surface area contributed by atoms with Crippen LogP contribution in [-0.2, 0) is 49.2 Å². The summed E-state index contributed by atoms with van der Waals surface area (Å²) in [6.07, 6.45) is 1.84. The number of benzene rings is 4. The van der Waals surface area contributed by atoms with E-state index in [-0.39, 0.29) is 30.8 Å². The van der Waals surface area contributed by atoms with Crippen molar-refractivity contribution in [2.24, 2.45) is 0 Å². The molecule has 3 aromatic heterocycles. The molecule has 306 valence electrons. The Morgan fingerprint density at radius 1 is 0.590 bits per heavy atom. The number of halogens is 3. The molecule has 0 amide bonds. The number of hydrogen-bond donors (Lipinski definition) is 0. The maximum absolute atomic E-state index is 11.8. The number of rotatable bonds is 11. The van der Waals surface area contributed by atoms with Crippen LogP contribution >= 0.6 is 0 Å². The molecule has 0 aliphatic heterocycles. The first-order valence-electron chi connectivity index (χ1n) is 18.0. The number of alkyl halides is 3. The van der Waals surface area contributed by atoms with Gasteiger partial charge in [-0.2, -0.15) is 13.2 Å². The zero-order valence-corrected chi connectivity index (χ0v) is 36.0. The molecule has 4 aromatic carbocycles. The van der Waals surface area contributed by atoms with Crippen LogP contribution in [0.3, 0.4) is 0 Å². The Balaban J connectivity index is 0.000000254. The van der Waals surface area contributed by atoms with Crippen LogP contribution in [0.5, 0.6) is 5.75 Å². The molecule has 0 unspecified atom stereocenters. The van der Waals surface area contributed by atoms with E-state index in [1.54, 1.807) is 36.4 Å². The number of carboxylic acids is 1. The van der Waals surface area contributed by atoms with E-state index in [0.717, 1.165) is 46.1 Å². The summed E-state index contributed by atoms with van der Waals surface area (Å²) in [7, 11) is -6.09.